The van der Waals surface area contributed by atoms with Crippen molar-refractivity contribution in [2.45, 2.75) is 19.9 Å². The van der Waals surface area contributed by atoms with E-state index in [1.54, 1.807) is 31.5 Å². The fourth-order valence-corrected chi connectivity index (χ4v) is 5.58. The Kier molecular flexibility index (Phi) is 4.64. The molecule has 1 amide bonds. The van der Waals surface area contributed by atoms with Gasteiger partial charge in [0.05, 0.1) is 37.4 Å². The Morgan fingerprint density at radius 3 is 2.58 bits per heavy atom. The van der Waals surface area contributed by atoms with Gasteiger partial charge < -0.3 is 5.11 Å². The quantitative estimate of drug-likeness (QED) is 0.460. The van der Waals surface area contributed by atoms with Crippen molar-refractivity contribution in [2.24, 2.45) is 0 Å². The largest absolute Gasteiger partial charge is 0.503 e. The smallest absolute Gasteiger partial charge is 0.296 e. The number of Topliss-reactive ketones (excluding diaryl/α,β-unsaturated/α-hetero) is 1. The molecule has 4 heterocycles. The highest BCUT2D eigenvalue weighted by atomic mass is 32.1. The van der Waals surface area contributed by atoms with E-state index in [4.69, 9.17) is 0 Å². The van der Waals surface area contributed by atoms with Crippen LogP contribution in [0.25, 0.3) is 10.2 Å². The number of thiazole rings is 2. The molecule has 0 spiro atoms. The predicted octanol–water partition coefficient (Wildman–Crippen LogP) is 4.55. The van der Waals surface area contributed by atoms with E-state index in [-0.39, 0.29) is 5.57 Å². The summed E-state index contributed by atoms with van der Waals surface area (Å²) in [5.74, 6) is -1.63. The molecule has 1 atom stereocenters. The number of pyridine rings is 1. The SMILES string of the molecule is Cc1nc(C)c(C(=O)C2=C(O)C(=O)N(c3nc4ccccc4s3)C2c2cccnc2)s1. The molecule has 0 bridgehead atoms. The average Bonchev–Trinajstić information content (AvgIpc) is 3.42. The number of hydrogen-bond acceptors (Lipinski definition) is 8. The molecule has 0 aliphatic carbocycles. The van der Waals surface area contributed by atoms with Crippen molar-refractivity contribution < 1.29 is 14.7 Å². The third-order valence-corrected chi connectivity index (χ3v) is 7.16. The number of benzene rings is 1. The Labute approximate surface area is 185 Å². The third-order valence-electron chi connectivity index (χ3n) is 5.05. The average molecular weight is 449 g/mol. The molecule has 9 heteroatoms. The highest BCUT2D eigenvalue weighted by molar-refractivity contribution is 7.22. The molecule has 3 aromatic heterocycles. The summed E-state index contributed by atoms with van der Waals surface area (Å²) in [6, 6.07) is 10.2. The van der Waals surface area contributed by atoms with Crippen LogP contribution in [0.1, 0.15) is 32.0 Å². The molecule has 31 heavy (non-hydrogen) atoms. The molecule has 0 radical (unpaired) electrons. The first-order chi connectivity index (χ1) is 15.0. The fourth-order valence-electron chi connectivity index (χ4n) is 3.72. The number of anilines is 1. The molecule has 1 aliphatic heterocycles. The van der Waals surface area contributed by atoms with E-state index >= 15 is 0 Å². The molecule has 0 fully saturated rings. The Hall–Kier alpha value is -3.43. The molecular weight excluding hydrogens is 432 g/mol. The molecule has 7 nitrogen and oxygen atoms in total. The van der Waals surface area contributed by atoms with Crippen LogP contribution in [0.4, 0.5) is 5.13 Å². The molecule has 1 N–H and O–H groups in total. The van der Waals surface area contributed by atoms with Crippen LogP contribution < -0.4 is 4.90 Å². The molecule has 4 aromatic rings. The van der Waals surface area contributed by atoms with E-state index in [1.807, 2.05) is 31.2 Å². The van der Waals surface area contributed by atoms with E-state index in [1.165, 1.54) is 27.6 Å². The summed E-state index contributed by atoms with van der Waals surface area (Å²) in [5, 5.41) is 12.0. The minimum Gasteiger partial charge on any atom is -0.503 e. The van der Waals surface area contributed by atoms with E-state index in [0.717, 1.165) is 15.2 Å². The number of aliphatic hydroxyl groups is 1. The van der Waals surface area contributed by atoms with E-state index in [2.05, 4.69) is 15.0 Å². The van der Waals surface area contributed by atoms with Gasteiger partial charge in [0.2, 0.25) is 5.78 Å². The lowest BCUT2D eigenvalue weighted by Gasteiger charge is -2.24. The first-order valence-corrected chi connectivity index (χ1v) is 11.1. The number of nitrogens with zero attached hydrogens (tertiary/aromatic N) is 4. The number of rotatable bonds is 4. The Bertz CT molecular complexity index is 1340. The second-order valence-corrected chi connectivity index (χ2v) is 9.28. The van der Waals surface area contributed by atoms with Crippen LogP contribution in [0.15, 0.2) is 60.1 Å². The van der Waals surface area contributed by atoms with Gasteiger partial charge in [-0.1, -0.05) is 29.5 Å². The monoisotopic (exact) mass is 448 g/mol. The van der Waals surface area contributed by atoms with Crippen LogP contribution in [0, 0.1) is 13.8 Å². The van der Waals surface area contributed by atoms with Gasteiger partial charge in [0.1, 0.15) is 0 Å². The fraction of sp³-hybridized carbons (Fsp3) is 0.136. The van der Waals surface area contributed by atoms with Crippen molar-refractivity contribution in [2.75, 3.05) is 4.90 Å². The summed E-state index contributed by atoms with van der Waals surface area (Å²) in [5.41, 5.74) is 1.95. The van der Waals surface area contributed by atoms with E-state index in [9.17, 15) is 14.7 Å². The topological polar surface area (TPSA) is 96.3 Å². The van der Waals surface area contributed by atoms with Gasteiger partial charge in [-0.2, -0.15) is 0 Å². The van der Waals surface area contributed by atoms with E-state index < -0.39 is 23.5 Å². The zero-order valence-electron chi connectivity index (χ0n) is 16.6. The normalized spacial score (nSPS) is 16.5. The molecule has 1 unspecified atom stereocenters. The van der Waals surface area contributed by atoms with Gasteiger partial charge in [0.25, 0.3) is 5.91 Å². The maximum Gasteiger partial charge on any atom is 0.296 e. The highest BCUT2D eigenvalue weighted by Crippen LogP contribution is 2.44. The second-order valence-electron chi connectivity index (χ2n) is 7.07. The van der Waals surface area contributed by atoms with E-state index in [0.29, 0.717) is 21.3 Å². The van der Waals surface area contributed by atoms with Crippen LogP contribution >= 0.6 is 22.7 Å². The summed E-state index contributed by atoms with van der Waals surface area (Å²) in [6.07, 6.45) is 3.21. The van der Waals surface area contributed by atoms with Crippen molar-refractivity contribution >= 4 is 49.7 Å². The standard InChI is InChI=1S/C22H16N4O3S2/c1-11-20(30-12(2)24-11)18(27)16-17(13-6-5-9-23-10-13)26(21(29)19(16)28)22-25-14-7-3-4-8-15(14)31-22/h3-10,17,28H,1-2H3. The second kappa shape index (κ2) is 7.36. The van der Waals surface area contributed by atoms with Gasteiger partial charge in [0.15, 0.2) is 10.9 Å². The van der Waals surface area contributed by atoms with Crippen molar-refractivity contribution in [1.29, 1.82) is 0 Å². The number of carbonyl (C=O) groups is 2. The zero-order chi connectivity index (χ0) is 21.7. The Morgan fingerprint density at radius 2 is 1.90 bits per heavy atom. The van der Waals surface area contributed by atoms with Crippen molar-refractivity contribution in [1.82, 2.24) is 15.0 Å². The summed E-state index contributed by atoms with van der Waals surface area (Å²) in [4.78, 5) is 41.6. The first-order valence-electron chi connectivity index (χ1n) is 9.46. The predicted molar refractivity (Wildman–Crippen MR) is 120 cm³/mol. The van der Waals surface area contributed by atoms with Crippen molar-refractivity contribution in [3.05, 3.63) is 81.3 Å². The molecule has 154 valence electrons. The van der Waals surface area contributed by atoms with Gasteiger partial charge >= 0.3 is 0 Å². The third kappa shape index (κ3) is 3.13. The number of aryl methyl sites for hydroxylation is 2. The number of carbonyl (C=O) groups excluding carboxylic acids is 2. The van der Waals surface area contributed by atoms with Crippen molar-refractivity contribution in [3.63, 3.8) is 0 Å². The Balaban J connectivity index is 1.69. The summed E-state index contributed by atoms with van der Waals surface area (Å²) in [7, 11) is 0. The van der Waals surface area contributed by atoms with Gasteiger partial charge in [-0.25, -0.2) is 9.97 Å². The maximum atomic E-state index is 13.5. The lowest BCUT2D eigenvalue weighted by atomic mass is 9.96. The molecule has 1 aromatic carbocycles. The molecule has 0 saturated heterocycles. The Morgan fingerprint density at radius 1 is 1.10 bits per heavy atom. The molecular formula is C22H16N4O3S2. The number of para-hydroxylation sites is 1. The number of hydrogen-bond donors (Lipinski definition) is 1. The zero-order valence-corrected chi connectivity index (χ0v) is 18.2. The number of aliphatic hydroxyl groups excluding tert-OH is 1. The van der Waals surface area contributed by atoms with Crippen LogP contribution in [0.5, 0.6) is 0 Å². The van der Waals surface area contributed by atoms with Crippen LogP contribution in [0.3, 0.4) is 0 Å². The minimum atomic E-state index is -0.837. The molecule has 5 rings (SSSR count). The molecule has 0 saturated carbocycles. The van der Waals surface area contributed by atoms with Gasteiger partial charge in [0, 0.05) is 12.4 Å². The van der Waals surface area contributed by atoms with Crippen LogP contribution in [-0.4, -0.2) is 31.7 Å². The summed E-state index contributed by atoms with van der Waals surface area (Å²) >= 11 is 2.58. The minimum absolute atomic E-state index is 0.0176. The number of ketones is 1. The van der Waals surface area contributed by atoms with Crippen LogP contribution in [0.2, 0.25) is 0 Å². The van der Waals surface area contributed by atoms with Gasteiger partial charge in [-0.3, -0.25) is 19.5 Å². The van der Waals surface area contributed by atoms with Gasteiger partial charge in [-0.05, 0) is 37.6 Å². The number of amides is 1. The maximum absolute atomic E-state index is 13.5. The number of fused-ring (bicyclic) bond motifs is 1. The van der Waals surface area contributed by atoms with Crippen LogP contribution in [-0.2, 0) is 4.79 Å². The highest BCUT2D eigenvalue weighted by Gasteiger charge is 2.46. The summed E-state index contributed by atoms with van der Waals surface area (Å²) in [6.45, 7) is 3.56. The van der Waals surface area contributed by atoms with Gasteiger partial charge in [-0.15, -0.1) is 11.3 Å². The number of aromatic nitrogens is 3. The lowest BCUT2D eigenvalue weighted by Crippen LogP contribution is -2.31. The van der Waals surface area contributed by atoms with Crippen molar-refractivity contribution in [3.8, 4) is 0 Å². The first kappa shape index (κ1) is 19.5. The lowest BCUT2D eigenvalue weighted by molar-refractivity contribution is -0.117. The summed E-state index contributed by atoms with van der Waals surface area (Å²) < 4.78 is 0.906. The molecule has 1 aliphatic rings.